The molecule has 3 aromatic rings. The van der Waals surface area contributed by atoms with E-state index in [0.717, 1.165) is 0 Å². The molecule has 9 heteroatoms. The summed E-state index contributed by atoms with van der Waals surface area (Å²) in [5, 5.41) is 0. The van der Waals surface area contributed by atoms with Crippen molar-refractivity contribution in [2.24, 2.45) is 0 Å². The third-order valence-electron chi connectivity index (χ3n) is 6.16. The van der Waals surface area contributed by atoms with E-state index in [0.29, 0.717) is 59.3 Å². The van der Waals surface area contributed by atoms with E-state index >= 15 is 0 Å². The second-order valence-electron chi connectivity index (χ2n) is 8.06. The highest BCUT2D eigenvalue weighted by Gasteiger charge is 2.32. The standard InChI is InChI=1S/C25H23N3O5S/c1-2-28-19-16-17(9-10-22(19)34(32)21-8-4-3-6-18(21)24(28)30)23(29)26-11-13-27(14-12-26)25(31)20-7-5-15-33-20/h3-10,15-16H,2,11-14H2,1H3/t34-/m0/s1. The summed E-state index contributed by atoms with van der Waals surface area (Å²) in [7, 11) is -1.54. The molecular weight excluding hydrogens is 454 g/mol. The molecule has 1 fully saturated rings. The summed E-state index contributed by atoms with van der Waals surface area (Å²) in [5.74, 6) is -0.339. The summed E-state index contributed by atoms with van der Waals surface area (Å²) in [6, 6.07) is 15.2. The zero-order valence-electron chi connectivity index (χ0n) is 18.6. The fourth-order valence-electron chi connectivity index (χ4n) is 4.36. The Morgan fingerprint density at radius 2 is 1.62 bits per heavy atom. The minimum Gasteiger partial charge on any atom is -0.459 e. The summed E-state index contributed by atoms with van der Waals surface area (Å²) in [6.45, 7) is 3.79. The molecule has 3 heterocycles. The third kappa shape index (κ3) is 3.71. The van der Waals surface area contributed by atoms with Crippen LogP contribution < -0.4 is 4.90 Å². The van der Waals surface area contributed by atoms with Gasteiger partial charge >= 0.3 is 0 Å². The van der Waals surface area contributed by atoms with Crippen LogP contribution in [0.1, 0.15) is 38.2 Å². The molecule has 0 aliphatic carbocycles. The molecule has 3 amide bonds. The van der Waals surface area contributed by atoms with Gasteiger partial charge in [-0.05, 0) is 49.4 Å². The first-order valence-corrected chi connectivity index (χ1v) is 12.2. The van der Waals surface area contributed by atoms with E-state index in [4.69, 9.17) is 4.42 Å². The number of carbonyl (C=O) groups excluding carboxylic acids is 3. The Balaban J connectivity index is 1.39. The van der Waals surface area contributed by atoms with Gasteiger partial charge in [-0.25, -0.2) is 4.21 Å². The molecule has 0 bridgehead atoms. The first-order chi connectivity index (χ1) is 16.5. The first-order valence-electron chi connectivity index (χ1n) is 11.1. The van der Waals surface area contributed by atoms with Gasteiger partial charge in [-0.2, -0.15) is 0 Å². The Bertz CT molecular complexity index is 1300. The summed E-state index contributed by atoms with van der Waals surface area (Å²) >= 11 is 0. The van der Waals surface area contributed by atoms with Crippen LogP contribution in [0.4, 0.5) is 5.69 Å². The van der Waals surface area contributed by atoms with Gasteiger partial charge in [0.1, 0.15) is 0 Å². The predicted octanol–water partition coefficient (Wildman–Crippen LogP) is 3.02. The maximum Gasteiger partial charge on any atom is 0.289 e. The van der Waals surface area contributed by atoms with Crippen LogP contribution in [0.3, 0.4) is 0 Å². The normalized spacial score (nSPS) is 17.7. The van der Waals surface area contributed by atoms with Gasteiger partial charge in [0.2, 0.25) is 0 Å². The van der Waals surface area contributed by atoms with Crippen molar-refractivity contribution in [3.8, 4) is 0 Å². The molecule has 0 N–H and O–H groups in total. The SMILES string of the molecule is CCN1C(=O)c2ccccc2[S@](=O)c2ccc(C(=O)N3CCN(C(=O)c4ccco4)CC3)cc21. The molecule has 174 valence electrons. The molecule has 0 saturated carbocycles. The van der Waals surface area contributed by atoms with Crippen LogP contribution in [-0.4, -0.2) is 64.5 Å². The van der Waals surface area contributed by atoms with E-state index in [2.05, 4.69) is 0 Å². The molecule has 1 atom stereocenters. The van der Waals surface area contributed by atoms with Gasteiger partial charge in [-0.1, -0.05) is 12.1 Å². The minimum absolute atomic E-state index is 0.191. The Kier molecular flexibility index (Phi) is 5.79. The number of fused-ring (bicyclic) bond motifs is 2. The van der Waals surface area contributed by atoms with Crippen LogP contribution in [-0.2, 0) is 10.8 Å². The Morgan fingerprint density at radius 1 is 0.912 bits per heavy atom. The lowest BCUT2D eigenvalue weighted by atomic mass is 10.1. The van der Waals surface area contributed by atoms with Crippen LogP contribution in [0.5, 0.6) is 0 Å². The molecule has 1 aromatic heterocycles. The van der Waals surface area contributed by atoms with Crippen molar-refractivity contribution in [3.05, 3.63) is 77.7 Å². The molecular formula is C25H23N3O5S. The van der Waals surface area contributed by atoms with E-state index in [1.165, 1.54) is 6.26 Å². The molecule has 0 unspecified atom stereocenters. The Morgan fingerprint density at radius 3 is 2.29 bits per heavy atom. The summed E-state index contributed by atoms with van der Waals surface area (Å²) < 4.78 is 18.5. The quantitative estimate of drug-likeness (QED) is 0.578. The largest absolute Gasteiger partial charge is 0.459 e. The van der Waals surface area contributed by atoms with E-state index in [1.54, 1.807) is 69.3 Å². The second kappa shape index (κ2) is 8.90. The van der Waals surface area contributed by atoms with Gasteiger partial charge in [0.15, 0.2) is 5.76 Å². The monoisotopic (exact) mass is 477 g/mol. The Hall–Kier alpha value is -3.72. The molecule has 0 spiro atoms. The number of benzene rings is 2. The topological polar surface area (TPSA) is 91.1 Å². The average Bonchev–Trinajstić information content (AvgIpc) is 3.40. The maximum atomic E-state index is 13.3. The zero-order valence-corrected chi connectivity index (χ0v) is 19.4. The summed E-state index contributed by atoms with van der Waals surface area (Å²) in [4.78, 5) is 44.9. The highest BCUT2D eigenvalue weighted by Crippen LogP contribution is 2.35. The molecule has 2 aromatic carbocycles. The molecule has 2 aliphatic heterocycles. The van der Waals surface area contributed by atoms with E-state index in [1.807, 2.05) is 6.92 Å². The first kappa shape index (κ1) is 22.1. The second-order valence-corrected chi connectivity index (χ2v) is 9.48. The molecule has 1 saturated heterocycles. The number of anilines is 1. The lowest BCUT2D eigenvalue weighted by molar-refractivity contribution is 0.0518. The van der Waals surface area contributed by atoms with Crippen molar-refractivity contribution in [2.75, 3.05) is 37.6 Å². The van der Waals surface area contributed by atoms with Crippen LogP contribution in [0.15, 0.2) is 75.1 Å². The number of rotatable bonds is 3. The van der Waals surface area contributed by atoms with Gasteiger partial charge in [-0.15, -0.1) is 0 Å². The van der Waals surface area contributed by atoms with Gasteiger partial charge in [-0.3, -0.25) is 14.4 Å². The summed E-state index contributed by atoms with van der Waals surface area (Å²) in [5.41, 5.74) is 1.31. The fraction of sp³-hybridized carbons (Fsp3) is 0.240. The minimum atomic E-state index is -1.54. The highest BCUT2D eigenvalue weighted by atomic mass is 32.2. The van der Waals surface area contributed by atoms with E-state index in [-0.39, 0.29) is 23.5 Å². The Labute approximate surface area is 199 Å². The van der Waals surface area contributed by atoms with Crippen molar-refractivity contribution >= 4 is 34.2 Å². The number of amides is 3. The third-order valence-corrected chi connectivity index (χ3v) is 7.66. The number of hydrogen-bond donors (Lipinski definition) is 0. The van der Waals surface area contributed by atoms with Crippen LogP contribution >= 0.6 is 0 Å². The number of furan rings is 1. The van der Waals surface area contributed by atoms with Gasteiger partial charge < -0.3 is 19.1 Å². The van der Waals surface area contributed by atoms with Gasteiger partial charge in [0.25, 0.3) is 17.7 Å². The van der Waals surface area contributed by atoms with Crippen molar-refractivity contribution in [1.29, 1.82) is 0 Å². The van der Waals surface area contributed by atoms with Crippen LogP contribution in [0.2, 0.25) is 0 Å². The number of piperazine rings is 1. The number of nitrogens with zero attached hydrogens (tertiary/aromatic N) is 3. The smallest absolute Gasteiger partial charge is 0.289 e. The van der Waals surface area contributed by atoms with Crippen molar-refractivity contribution < 1.29 is 23.0 Å². The van der Waals surface area contributed by atoms with Crippen LogP contribution in [0.25, 0.3) is 0 Å². The predicted molar refractivity (Wildman–Crippen MR) is 125 cm³/mol. The summed E-state index contributed by atoms with van der Waals surface area (Å²) in [6.07, 6.45) is 1.46. The molecule has 0 radical (unpaired) electrons. The lowest BCUT2D eigenvalue weighted by Crippen LogP contribution is -2.50. The zero-order chi connectivity index (χ0) is 23.8. The maximum absolute atomic E-state index is 13.3. The fourth-order valence-corrected chi connectivity index (χ4v) is 5.71. The molecule has 5 rings (SSSR count). The molecule has 8 nitrogen and oxygen atoms in total. The lowest BCUT2D eigenvalue weighted by Gasteiger charge is -2.34. The van der Waals surface area contributed by atoms with Crippen LogP contribution in [0, 0.1) is 0 Å². The van der Waals surface area contributed by atoms with Crippen molar-refractivity contribution in [3.63, 3.8) is 0 Å². The van der Waals surface area contributed by atoms with Gasteiger partial charge in [0.05, 0.1) is 38.1 Å². The van der Waals surface area contributed by atoms with Crippen molar-refractivity contribution in [1.82, 2.24) is 9.80 Å². The van der Waals surface area contributed by atoms with E-state index < -0.39 is 10.8 Å². The average molecular weight is 478 g/mol. The molecule has 2 aliphatic rings. The number of carbonyl (C=O) groups is 3. The highest BCUT2D eigenvalue weighted by molar-refractivity contribution is 7.85. The van der Waals surface area contributed by atoms with E-state index in [9.17, 15) is 18.6 Å². The molecule has 34 heavy (non-hydrogen) atoms. The number of hydrogen-bond acceptors (Lipinski definition) is 5. The van der Waals surface area contributed by atoms with Gasteiger partial charge in [0, 0.05) is 38.3 Å². The van der Waals surface area contributed by atoms with Crippen molar-refractivity contribution in [2.45, 2.75) is 16.7 Å².